The SMILES string of the molecule is CC(C)(C)N[C@H]1CCCC[C@H]1NS(=O)(=O)c1ccc(Cl)cc1. The lowest BCUT2D eigenvalue weighted by Gasteiger charge is -2.37. The standard InChI is InChI=1S/C16H25ClN2O2S/c1-16(2,3)18-14-6-4-5-7-15(14)19-22(20,21)13-10-8-12(17)9-11-13/h8-11,14-15,18-19H,4-7H2,1-3H3/t14-,15+/m0/s1. The summed E-state index contributed by atoms with van der Waals surface area (Å²) in [5.74, 6) is 0. The molecule has 1 aliphatic carbocycles. The normalized spacial score (nSPS) is 23.5. The van der Waals surface area contributed by atoms with Crippen molar-refractivity contribution in [3.63, 3.8) is 0 Å². The van der Waals surface area contributed by atoms with Gasteiger partial charge in [-0.25, -0.2) is 13.1 Å². The van der Waals surface area contributed by atoms with Gasteiger partial charge in [-0.3, -0.25) is 0 Å². The van der Waals surface area contributed by atoms with Crippen molar-refractivity contribution in [1.29, 1.82) is 0 Å². The van der Waals surface area contributed by atoms with E-state index in [4.69, 9.17) is 11.6 Å². The van der Waals surface area contributed by atoms with Crippen LogP contribution in [0.5, 0.6) is 0 Å². The monoisotopic (exact) mass is 344 g/mol. The van der Waals surface area contributed by atoms with E-state index in [1.165, 1.54) is 0 Å². The zero-order valence-corrected chi connectivity index (χ0v) is 15.0. The first-order valence-electron chi connectivity index (χ1n) is 7.73. The number of hydrogen-bond donors (Lipinski definition) is 2. The summed E-state index contributed by atoms with van der Waals surface area (Å²) in [5.41, 5.74) is -0.0357. The molecule has 1 aromatic rings. The topological polar surface area (TPSA) is 58.2 Å². The van der Waals surface area contributed by atoms with Gasteiger partial charge in [-0.1, -0.05) is 24.4 Å². The van der Waals surface area contributed by atoms with Gasteiger partial charge >= 0.3 is 0 Å². The van der Waals surface area contributed by atoms with Crippen molar-refractivity contribution in [2.24, 2.45) is 0 Å². The molecular formula is C16H25ClN2O2S. The zero-order valence-electron chi connectivity index (χ0n) is 13.4. The van der Waals surface area contributed by atoms with Gasteiger partial charge in [0.1, 0.15) is 0 Å². The second kappa shape index (κ2) is 6.87. The number of sulfonamides is 1. The fourth-order valence-electron chi connectivity index (χ4n) is 2.88. The second-order valence-corrected chi connectivity index (χ2v) is 9.12. The Morgan fingerprint density at radius 3 is 2.14 bits per heavy atom. The lowest BCUT2D eigenvalue weighted by Crippen LogP contribution is -2.56. The molecule has 0 saturated heterocycles. The number of benzene rings is 1. The predicted molar refractivity (Wildman–Crippen MR) is 90.7 cm³/mol. The Hall–Kier alpha value is -0.620. The van der Waals surface area contributed by atoms with E-state index >= 15 is 0 Å². The number of nitrogens with one attached hydrogen (secondary N) is 2. The summed E-state index contributed by atoms with van der Waals surface area (Å²) in [6, 6.07) is 6.37. The summed E-state index contributed by atoms with van der Waals surface area (Å²) >= 11 is 5.82. The van der Waals surface area contributed by atoms with E-state index in [9.17, 15) is 8.42 Å². The molecule has 0 heterocycles. The Bertz CT molecular complexity index is 594. The van der Waals surface area contributed by atoms with Gasteiger partial charge in [0, 0.05) is 22.6 Å². The van der Waals surface area contributed by atoms with E-state index in [0.29, 0.717) is 5.02 Å². The third-order valence-corrected chi connectivity index (χ3v) is 5.57. The van der Waals surface area contributed by atoms with E-state index in [-0.39, 0.29) is 22.5 Å². The van der Waals surface area contributed by atoms with Crippen molar-refractivity contribution in [1.82, 2.24) is 10.0 Å². The van der Waals surface area contributed by atoms with Crippen LogP contribution in [0.15, 0.2) is 29.2 Å². The lowest BCUT2D eigenvalue weighted by atomic mass is 9.89. The highest BCUT2D eigenvalue weighted by Gasteiger charge is 2.31. The summed E-state index contributed by atoms with van der Waals surface area (Å²) in [7, 11) is -3.51. The van der Waals surface area contributed by atoms with Gasteiger partial charge in [0.25, 0.3) is 0 Å². The summed E-state index contributed by atoms with van der Waals surface area (Å²) in [5, 5.41) is 4.07. The minimum absolute atomic E-state index is 0.0357. The van der Waals surface area contributed by atoms with Gasteiger partial charge in [-0.2, -0.15) is 0 Å². The van der Waals surface area contributed by atoms with E-state index in [1.807, 2.05) is 0 Å². The third-order valence-electron chi connectivity index (χ3n) is 3.81. The number of hydrogen-bond acceptors (Lipinski definition) is 3. The van der Waals surface area contributed by atoms with Crippen molar-refractivity contribution in [2.45, 2.75) is 69.0 Å². The fourth-order valence-corrected chi connectivity index (χ4v) is 4.32. The molecule has 1 aliphatic rings. The van der Waals surface area contributed by atoms with Crippen LogP contribution in [-0.2, 0) is 10.0 Å². The molecule has 0 spiro atoms. The van der Waals surface area contributed by atoms with E-state index < -0.39 is 10.0 Å². The summed E-state index contributed by atoms with van der Waals surface area (Å²) in [4.78, 5) is 0.261. The van der Waals surface area contributed by atoms with Crippen molar-refractivity contribution in [3.05, 3.63) is 29.3 Å². The molecule has 1 aromatic carbocycles. The molecule has 6 heteroatoms. The van der Waals surface area contributed by atoms with E-state index in [0.717, 1.165) is 25.7 Å². The van der Waals surface area contributed by atoms with Crippen molar-refractivity contribution in [2.75, 3.05) is 0 Å². The van der Waals surface area contributed by atoms with Crippen LogP contribution in [-0.4, -0.2) is 26.0 Å². The quantitative estimate of drug-likeness (QED) is 0.880. The Kier molecular flexibility index (Phi) is 5.54. The van der Waals surface area contributed by atoms with Gasteiger partial charge in [-0.15, -0.1) is 0 Å². The van der Waals surface area contributed by atoms with Gasteiger partial charge in [-0.05, 0) is 57.9 Å². The Morgan fingerprint density at radius 1 is 1.05 bits per heavy atom. The molecule has 0 radical (unpaired) electrons. The van der Waals surface area contributed by atoms with Crippen LogP contribution in [0.1, 0.15) is 46.5 Å². The zero-order chi connectivity index (χ0) is 16.4. The molecule has 2 rings (SSSR count). The maximum Gasteiger partial charge on any atom is 0.240 e. The minimum atomic E-state index is -3.51. The number of rotatable bonds is 4. The van der Waals surface area contributed by atoms with Crippen molar-refractivity contribution in [3.8, 4) is 0 Å². The third kappa shape index (κ3) is 4.95. The highest BCUT2D eigenvalue weighted by molar-refractivity contribution is 7.89. The lowest BCUT2D eigenvalue weighted by molar-refractivity contribution is 0.255. The maximum absolute atomic E-state index is 12.5. The highest BCUT2D eigenvalue weighted by Crippen LogP contribution is 2.23. The molecule has 124 valence electrons. The molecule has 2 atom stereocenters. The predicted octanol–water partition coefficient (Wildman–Crippen LogP) is 3.32. The van der Waals surface area contributed by atoms with Crippen LogP contribution < -0.4 is 10.0 Å². The van der Waals surface area contributed by atoms with Crippen LogP contribution in [0.25, 0.3) is 0 Å². The van der Waals surface area contributed by atoms with Crippen LogP contribution in [0, 0.1) is 0 Å². The van der Waals surface area contributed by atoms with Crippen LogP contribution >= 0.6 is 11.6 Å². The molecular weight excluding hydrogens is 320 g/mol. The van der Waals surface area contributed by atoms with Gasteiger partial charge in [0.15, 0.2) is 0 Å². The van der Waals surface area contributed by atoms with Crippen molar-refractivity contribution >= 4 is 21.6 Å². The van der Waals surface area contributed by atoms with Crippen molar-refractivity contribution < 1.29 is 8.42 Å². The van der Waals surface area contributed by atoms with E-state index in [2.05, 4.69) is 30.8 Å². The van der Waals surface area contributed by atoms with Crippen LogP contribution in [0.2, 0.25) is 5.02 Å². The average molecular weight is 345 g/mol. The summed E-state index contributed by atoms with van der Waals surface area (Å²) < 4.78 is 28.0. The molecule has 0 amide bonds. The molecule has 1 fully saturated rings. The largest absolute Gasteiger partial charge is 0.308 e. The van der Waals surface area contributed by atoms with Crippen LogP contribution in [0.3, 0.4) is 0 Å². The smallest absolute Gasteiger partial charge is 0.240 e. The first kappa shape index (κ1) is 17.7. The molecule has 0 aromatic heterocycles. The highest BCUT2D eigenvalue weighted by atomic mass is 35.5. The van der Waals surface area contributed by atoms with Gasteiger partial charge in [0.05, 0.1) is 4.90 Å². The molecule has 4 nitrogen and oxygen atoms in total. The fraction of sp³-hybridized carbons (Fsp3) is 0.625. The minimum Gasteiger partial charge on any atom is -0.308 e. The summed E-state index contributed by atoms with van der Waals surface area (Å²) in [6.45, 7) is 6.31. The Balaban J connectivity index is 2.13. The van der Waals surface area contributed by atoms with Crippen LogP contribution in [0.4, 0.5) is 0 Å². The molecule has 0 unspecified atom stereocenters. The second-order valence-electron chi connectivity index (χ2n) is 6.97. The van der Waals surface area contributed by atoms with E-state index in [1.54, 1.807) is 24.3 Å². The first-order chi connectivity index (χ1) is 10.2. The molecule has 0 bridgehead atoms. The Labute approximate surface area is 138 Å². The van der Waals surface area contributed by atoms with Gasteiger partial charge < -0.3 is 5.32 Å². The molecule has 22 heavy (non-hydrogen) atoms. The maximum atomic E-state index is 12.5. The molecule has 1 saturated carbocycles. The first-order valence-corrected chi connectivity index (χ1v) is 9.59. The Morgan fingerprint density at radius 2 is 1.59 bits per heavy atom. The molecule has 2 N–H and O–H groups in total. The molecule has 0 aliphatic heterocycles. The average Bonchev–Trinajstić information content (AvgIpc) is 2.39. The van der Waals surface area contributed by atoms with Gasteiger partial charge in [0.2, 0.25) is 10.0 Å². The summed E-state index contributed by atoms with van der Waals surface area (Å²) in [6.07, 6.45) is 4.04. The number of halogens is 1.